The van der Waals surface area contributed by atoms with Gasteiger partial charge in [0, 0.05) is 39.3 Å². The third kappa shape index (κ3) is 4.94. The van der Waals surface area contributed by atoms with Crippen molar-refractivity contribution in [1.29, 1.82) is 0 Å². The predicted molar refractivity (Wildman–Crippen MR) is 92.8 cm³/mol. The van der Waals surface area contributed by atoms with E-state index in [1.54, 1.807) is 7.11 Å². The van der Waals surface area contributed by atoms with Crippen molar-refractivity contribution in [1.82, 2.24) is 0 Å². The van der Waals surface area contributed by atoms with Gasteiger partial charge in [0.15, 0.2) is 0 Å². The summed E-state index contributed by atoms with van der Waals surface area (Å²) in [6.07, 6.45) is 2.69. The summed E-state index contributed by atoms with van der Waals surface area (Å²) in [6, 6.07) is 7.94. The number of nitrogens with zero attached hydrogens (tertiary/aromatic N) is 1. The number of hydrogen-bond donors (Lipinski definition) is 2. The standard InChI is InChI=1S/C18H28N2O3/c1-14(9-12-23-2)18(22)19-16-5-3-4-6-17(16)20-10-7-15(13-21)8-11-20/h3-6,14-15,21H,7-13H2,1-2H3,(H,19,22). The lowest BCUT2D eigenvalue weighted by atomic mass is 9.97. The van der Waals surface area contributed by atoms with E-state index in [1.807, 2.05) is 25.1 Å². The molecule has 2 rings (SSSR count). The average molecular weight is 320 g/mol. The van der Waals surface area contributed by atoms with Crippen LogP contribution in [0.25, 0.3) is 0 Å². The lowest BCUT2D eigenvalue weighted by molar-refractivity contribution is -0.119. The monoisotopic (exact) mass is 320 g/mol. The molecule has 0 aliphatic carbocycles. The molecule has 0 bridgehead atoms. The third-order valence-corrected chi connectivity index (χ3v) is 4.58. The Bertz CT molecular complexity index is 499. The molecule has 0 radical (unpaired) electrons. The van der Waals surface area contributed by atoms with Crippen LogP contribution >= 0.6 is 0 Å². The van der Waals surface area contributed by atoms with Gasteiger partial charge in [-0.1, -0.05) is 19.1 Å². The molecule has 1 aromatic carbocycles. The molecule has 1 amide bonds. The van der Waals surface area contributed by atoms with E-state index in [9.17, 15) is 9.90 Å². The van der Waals surface area contributed by atoms with Crippen molar-refractivity contribution in [3.8, 4) is 0 Å². The van der Waals surface area contributed by atoms with Crippen LogP contribution in [-0.2, 0) is 9.53 Å². The average Bonchev–Trinajstić information content (AvgIpc) is 2.60. The molecule has 0 spiro atoms. The first-order valence-electron chi connectivity index (χ1n) is 8.40. The number of carbonyl (C=O) groups excluding carboxylic acids is 1. The molecule has 0 saturated carbocycles. The first-order valence-corrected chi connectivity index (χ1v) is 8.40. The Morgan fingerprint density at radius 1 is 1.39 bits per heavy atom. The van der Waals surface area contributed by atoms with Gasteiger partial charge < -0.3 is 20.1 Å². The third-order valence-electron chi connectivity index (χ3n) is 4.58. The van der Waals surface area contributed by atoms with Gasteiger partial charge in [0.25, 0.3) is 0 Å². The summed E-state index contributed by atoms with van der Waals surface area (Å²) in [4.78, 5) is 14.6. The number of benzene rings is 1. The van der Waals surface area contributed by atoms with Gasteiger partial charge >= 0.3 is 0 Å². The topological polar surface area (TPSA) is 61.8 Å². The zero-order valence-electron chi connectivity index (χ0n) is 14.1. The summed E-state index contributed by atoms with van der Waals surface area (Å²) in [5.74, 6) is 0.352. The van der Waals surface area contributed by atoms with E-state index in [1.165, 1.54) is 0 Å². The molecule has 5 heteroatoms. The van der Waals surface area contributed by atoms with E-state index in [2.05, 4.69) is 16.3 Å². The summed E-state index contributed by atoms with van der Waals surface area (Å²) >= 11 is 0. The number of amides is 1. The fourth-order valence-corrected chi connectivity index (χ4v) is 2.89. The van der Waals surface area contributed by atoms with Crippen LogP contribution < -0.4 is 10.2 Å². The van der Waals surface area contributed by atoms with Crippen molar-refractivity contribution < 1.29 is 14.6 Å². The molecule has 1 atom stereocenters. The Morgan fingerprint density at radius 3 is 2.74 bits per heavy atom. The molecule has 1 heterocycles. The number of aliphatic hydroxyl groups excluding tert-OH is 1. The van der Waals surface area contributed by atoms with Crippen LogP contribution in [0.1, 0.15) is 26.2 Å². The van der Waals surface area contributed by atoms with E-state index in [4.69, 9.17) is 4.74 Å². The Balaban J connectivity index is 2.01. The lowest BCUT2D eigenvalue weighted by Crippen LogP contribution is -2.35. The van der Waals surface area contributed by atoms with Crippen LogP contribution in [-0.4, -0.2) is 44.4 Å². The molecular formula is C18H28N2O3. The normalized spacial score (nSPS) is 17.1. The highest BCUT2D eigenvalue weighted by molar-refractivity contribution is 5.95. The molecule has 0 aromatic heterocycles. The van der Waals surface area contributed by atoms with Crippen molar-refractivity contribution in [3.05, 3.63) is 24.3 Å². The number of methoxy groups -OCH3 is 1. The summed E-state index contributed by atoms with van der Waals surface area (Å²) in [5, 5.41) is 12.3. The van der Waals surface area contributed by atoms with Crippen LogP contribution in [0.4, 0.5) is 11.4 Å². The van der Waals surface area contributed by atoms with Crippen LogP contribution in [0.3, 0.4) is 0 Å². The molecule has 1 unspecified atom stereocenters. The summed E-state index contributed by atoms with van der Waals surface area (Å²) in [7, 11) is 1.65. The van der Waals surface area contributed by atoms with Gasteiger partial charge in [-0.15, -0.1) is 0 Å². The van der Waals surface area contributed by atoms with Crippen molar-refractivity contribution in [2.75, 3.05) is 43.6 Å². The molecule has 128 valence electrons. The molecule has 5 nitrogen and oxygen atoms in total. The largest absolute Gasteiger partial charge is 0.396 e. The van der Waals surface area contributed by atoms with Gasteiger partial charge in [-0.05, 0) is 37.3 Å². The Hall–Kier alpha value is -1.59. The highest BCUT2D eigenvalue weighted by Crippen LogP contribution is 2.30. The number of carbonyl (C=O) groups is 1. The number of hydrogen-bond acceptors (Lipinski definition) is 4. The number of aliphatic hydroxyl groups is 1. The minimum Gasteiger partial charge on any atom is -0.396 e. The van der Waals surface area contributed by atoms with E-state index in [0.717, 1.165) is 37.3 Å². The quantitative estimate of drug-likeness (QED) is 0.810. The SMILES string of the molecule is COCCC(C)C(=O)Nc1ccccc1N1CCC(CO)CC1. The molecule has 1 saturated heterocycles. The molecule has 1 fully saturated rings. The zero-order valence-corrected chi connectivity index (χ0v) is 14.1. The fourth-order valence-electron chi connectivity index (χ4n) is 2.89. The van der Waals surface area contributed by atoms with Crippen LogP contribution in [0.2, 0.25) is 0 Å². The maximum absolute atomic E-state index is 12.3. The predicted octanol–water partition coefficient (Wildman–Crippen LogP) is 2.51. The Morgan fingerprint density at radius 2 is 2.09 bits per heavy atom. The minimum absolute atomic E-state index is 0.0275. The Labute approximate surface area is 138 Å². The number of ether oxygens (including phenoxy) is 1. The molecule has 1 aromatic rings. The summed E-state index contributed by atoms with van der Waals surface area (Å²) < 4.78 is 5.04. The second-order valence-electron chi connectivity index (χ2n) is 6.30. The molecule has 2 N–H and O–H groups in total. The highest BCUT2D eigenvalue weighted by Gasteiger charge is 2.21. The van der Waals surface area contributed by atoms with Crippen molar-refractivity contribution >= 4 is 17.3 Å². The number of anilines is 2. The van der Waals surface area contributed by atoms with Crippen molar-refractivity contribution in [3.63, 3.8) is 0 Å². The number of piperidine rings is 1. The molecule has 1 aliphatic heterocycles. The lowest BCUT2D eigenvalue weighted by Gasteiger charge is -2.34. The Kier molecular flexibility index (Phi) is 6.86. The van der Waals surface area contributed by atoms with Crippen molar-refractivity contribution in [2.45, 2.75) is 26.2 Å². The first kappa shape index (κ1) is 17.8. The highest BCUT2D eigenvalue weighted by atomic mass is 16.5. The van der Waals surface area contributed by atoms with Gasteiger partial charge in [0.2, 0.25) is 5.91 Å². The maximum Gasteiger partial charge on any atom is 0.227 e. The zero-order chi connectivity index (χ0) is 16.7. The summed E-state index contributed by atoms with van der Waals surface area (Å²) in [5.41, 5.74) is 1.93. The van der Waals surface area contributed by atoms with Crippen LogP contribution in [0.5, 0.6) is 0 Å². The minimum atomic E-state index is -0.0804. The van der Waals surface area contributed by atoms with E-state index >= 15 is 0 Å². The number of para-hydroxylation sites is 2. The molecule has 1 aliphatic rings. The van der Waals surface area contributed by atoms with E-state index in [-0.39, 0.29) is 18.4 Å². The molecule has 23 heavy (non-hydrogen) atoms. The second-order valence-corrected chi connectivity index (χ2v) is 6.30. The van der Waals surface area contributed by atoms with Gasteiger partial charge in [-0.3, -0.25) is 4.79 Å². The second kappa shape index (κ2) is 8.89. The number of rotatable bonds is 7. The van der Waals surface area contributed by atoms with Gasteiger partial charge in [-0.2, -0.15) is 0 Å². The van der Waals surface area contributed by atoms with E-state index in [0.29, 0.717) is 18.9 Å². The van der Waals surface area contributed by atoms with E-state index < -0.39 is 0 Å². The summed E-state index contributed by atoms with van der Waals surface area (Å²) in [6.45, 7) is 4.60. The number of nitrogens with one attached hydrogen (secondary N) is 1. The molecular weight excluding hydrogens is 292 g/mol. The van der Waals surface area contributed by atoms with Gasteiger partial charge in [0.05, 0.1) is 11.4 Å². The smallest absolute Gasteiger partial charge is 0.227 e. The fraction of sp³-hybridized carbons (Fsp3) is 0.611. The first-order chi connectivity index (χ1) is 11.2. The van der Waals surface area contributed by atoms with Gasteiger partial charge in [0.1, 0.15) is 0 Å². The van der Waals surface area contributed by atoms with Crippen LogP contribution in [0, 0.1) is 11.8 Å². The van der Waals surface area contributed by atoms with Crippen molar-refractivity contribution in [2.24, 2.45) is 11.8 Å². The maximum atomic E-state index is 12.3. The van der Waals surface area contributed by atoms with Crippen LogP contribution in [0.15, 0.2) is 24.3 Å². The van der Waals surface area contributed by atoms with Gasteiger partial charge in [-0.25, -0.2) is 0 Å².